The van der Waals surface area contributed by atoms with E-state index in [0.29, 0.717) is 24.2 Å². The van der Waals surface area contributed by atoms with E-state index in [0.717, 1.165) is 16.0 Å². The summed E-state index contributed by atoms with van der Waals surface area (Å²) in [4.78, 5) is 36.7. The van der Waals surface area contributed by atoms with Gasteiger partial charge in [0.15, 0.2) is 12.6 Å². The van der Waals surface area contributed by atoms with Crippen LogP contribution in [-0.4, -0.2) is 37.5 Å². The minimum Gasteiger partial charge on any atom is -0.465 e. The van der Waals surface area contributed by atoms with Crippen molar-refractivity contribution < 1.29 is 24.0 Å². The SMILES string of the molecule is COC(=O)[C@@H]1Cc2ccccc2C[NH+]1CC(=O)Nc1ccc(C(N)=O)cc1. The summed E-state index contributed by atoms with van der Waals surface area (Å²) < 4.78 is 4.94. The Balaban J connectivity index is 1.71. The lowest BCUT2D eigenvalue weighted by Gasteiger charge is -2.31. The maximum Gasteiger partial charge on any atom is 0.365 e. The minimum atomic E-state index is -0.523. The first-order valence-corrected chi connectivity index (χ1v) is 8.67. The lowest BCUT2D eigenvalue weighted by molar-refractivity contribution is -0.924. The molecule has 140 valence electrons. The highest BCUT2D eigenvalue weighted by Crippen LogP contribution is 2.14. The summed E-state index contributed by atoms with van der Waals surface area (Å²) in [6.07, 6.45) is 0.540. The summed E-state index contributed by atoms with van der Waals surface area (Å²) in [5.74, 6) is -1.06. The van der Waals surface area contributed by atoms with Crippen LogP contribution in [0.5, 0.6) is 0 Å². The maximum atomic E-state index is 12.5. The summed E-state index contributed by atoms with van der Waals surface area (Å²) in [7, 11) is 1.36. The fourth-order valence-electron chi connectivity index (χ4n) is 3.37. The molecule has 1 aliphatic rings. The van der Waals surface area contributed by atoms with E-state index in [-0.39, 0.29) is 18.4 Å². The fraction of sp³-hybridized carbons (Fsp3) is 0.250. The Bertz CT molecular complexity index is 864. The summed E-state index contributed by atoms with van der Waals surface area (Å²) in [5, 5.41) is 2.79. The number of nitrogens with two attached hydrogens (primary N) is 1. The number of benzene rings is 2. The molecule has 2 aromatic rings. The van der Waals surface area contributed by atoms with Crippen LogP contribution in [0.15, 0.2) is 48.5 Å². The molecule has 7 nitrogen and oxygen atoms in total. The molecule has 1 aliphatic heterocycles. The maximum absolute atomic E-state index is 12.5. The van der Waals surface area contributed by atoms with Crippen LogP contribution in [0.25, 0.3) is 0 Å². The number of methoxy groups -OCH3 is 1. The number of amides is 2. The van der Waals surface area contributed by atoms with Gasteiger partial charge in [0.25, 0.3) is 5.91 Å². The number of hydrogen-bond acceptors (Lipinski definition) is 4. The number of hydrogen-bond donors (Lipinski definition) is 3. The van der Waals surface area contributed by atoms with Gasteiger partial charge in [0.2, 0.25) is 5.91 Å². The third-order valence-electron chi connectivity index (χ3n) is 4.78. The average Bonchev–Trinajstić information content (AvgIpc) is 2.67. The minimum absolute atomic E-state index is 0.131. The lowest BCUT2D eigenvalue weighted by atomic mass is 9.94. The second-order valence-corrected chi connectivity index (χ2v) is 6.55. The number of rotatable bonds is 5. The van der Waals surface area contributed by atoms with Gasteiger partial charge in [-0.15, -0.1) is 0 Å². The van der Waals surface area contributed by atoms with Gasteiger partial charge in [-0.3, -0.25) is 9.59 Å². The predicted octanol–water partition coefficient (Wildman–Crippen LogP) is -0.0932. The second-order valence-electron chi connectivity index (χ2n) is 6.55. The van der Waals surface area contributed by atoms with Gasteiger partial charge in [-0.25, -0.2) is 4.79 Å². The number of fused-ring (bicyclic) bond motifs is 1. The zero-order valence-electron chi connectivity index (χ0n) is 15.0. The highest BCUT2D eigenvalue weighted by atomic mass is 16.5. The Morgan fingerprint density at radius 3 is 2.41 bits per heavy atom. The number of nitrogens with one attached hydrogen (secondary N) is 2. The summed E-state index contributed by atoms with van der Waals surface area (Å²) in [6, 6.07) is 13.8. The van der Waals surface area contributed by atoms with Crippen molar-refractivity contribution in [1.29, 1.82) is 0 Å². The molecule has 1 unspecified atom stereocenters. The van der Waals surface area contributed by atoms with E-state index in [9.17, 15) is 14.4 Å². The first-order chi connectivity index (χ1) is 13.0. The Kier molecular flexibility index (Phi) is 5.52. The predicted molar refractivity (Wildman–Crippen MR) is 99.1 cm³/mol. The van der Waals surface area contributed by atoms with Gasteiger partial charge in [-0.1, -0.05) is 24.3 Å². The van der Waals surface area contributed by atoms with Crippen molar-refractivity contribution in [2.24, 2.45) is 5.73 Å². The number of primary amides is 1. The van der Waals surface area contributed by atoms with Crippen LogP contribution in [0.3, 0.4) is 0 Å². The lowest BCUT2D eigenvalue weighted by Crippen LogP contribution is -3.17. The molecule has 0 aromatic heterocycles. The molecule has 0 bridgehead atoms. The number of anilines is 1. The smallest absolute Gasteiger partial charge is 0.365 e. The third kappa shape index (κ3) is 4.32. The zero-order chi connectivity index (χ0) is 19.4. The molecule has 0 saturated heterocycles. The normalized spacial score (nSPS) is 18.3. The summed E-state index contributed by atoms with van der Waals surface area (Å²) >= 11 is 0. The van der Waals surface area contributed by atoms with Crippen molar-refractivity contribution in [3.05, 3.63) is 65.2 Å². The molecule has 4 N–H and O–H groups in total. The molecule has 7 heteroatoms. The highest BCUT2D eigenvalue weighted by molar-refractivity contribution is 5.95. The van der Waals surface area contributed by atoms with Crippen LogP contribution < -0.4 is 16.0 Å². The summed E-state index contributed by atoms with van der Waals surface area (Å²) in [5.41, 5.74) is 8.39. The Morgan fingerprint density at radius 1 is 1.11 bits per heavy atom. The van der Waals surface area contributed by atoms with E-state index in [1.807, 2.05) is 24.3 Å². The van der Waals surface area contributed by atoms with Crippen molar-refractivity contribution >= 4 is 23.5 Å². The molecule has 2 aromatic carbocycles. The van der Waals surface area contributed by atoms with Crippen LogP contribution in [-0.2, 0) is 27.3 Å². The largest absolute Gasteiger partial charge is 0.465 e. The summed E-state index contributed by atoms with van der Waals surface area (Å²) in [6.45, 7) is 0.704. The molecule has 1 heterocycles. The third-order valence-corrected chi connectivity index (χ3v) is 4.78. The van der Waals surface area contributed by atoms with E-state index < -0.39 is 11.9 Å². The Hall–Kier alpha value is -3.19. The molecule has 2 atom stereocenters. The number of carbonyl (C=O) groups excluding carboxylic acids is 3. The molecule has 0 radical (unpaired) electrons. The second kappa shape index (κ2) is 8.01. The topological polar surface area (TPSA) is 103 Å². The van der Waals surface area contributed by atoms with Crippen LogP contribution in [0.4, 0.5) is 5.69 Å². The van der Waals surface area contributed by atoms with Gasteiger partial charge in [0.05, 0.1) is 7.11 Å². The van der Waals surface area contributed by atoms with E-state index in [2.05, 4.69) is 5.32 Å². The van der Waals surface area contributed by atoms with Gasteiger partial charge in [-0.2, -0.15) is 0 Å². The molecule has 27 heavy (non-hydrogen) atoms. The van der Waals surface area contributed by atoms with Crippen LogP contribution in [0, 0.1) is 0 Å². The monoisotopic (exact) mass is 368 g/mol. The van der Waals surface area contributed by atoms with Crippen molar-refractivity contribution in [3.63, 3.8) is 0 Å². The van der Waals surface area contributed by atoms with E-state index >= 15 is 0 Å². The van der Waals surface area contributed by atoms with E-state index in [1.165, 1.54) is 7.11 Å². The van der Waals surface area contributed by atoms with Crippen LogP contribution in [0.1, 0.15) is 21.5 Å². The molecule has 0 spiro atoms. The van der Waals surface area contributed by atoms with Gasteiger partial charge < -0.3 is 20.7 Å². The van der Waals surface area contributed by atoms with Crippen molar-refractivity contribution in [2.75, 3.05) is 19.0 Å². The quantitative estimate of drug-likeness (QED) is 0.642. The van der Waals surface area contributed by atoms with Crippen LogP contribution >= 0.6 is 0 Å². The standard InChI is InChI=1S/C20H21N3O4/c1-27-20(26)17-10-14-4-2-3-5-15(14)11-23(17)12-18(24)22-16-8-6-13(7-9-16)19(21)25/h2-9,17H,10-12H2,1H3,(H2,21,25)(H,22,24)/p+1/t17-/m0/s1. The number of esters is 1. The van der Waals surface area contributed by atoms with Gasteiger partial charge in [0, 0.05) is 23.2 Å². The van der Waals surface area contributed by atoms with Gasteiger partial charge in [-0.05, 0) is 29.8 Å². The molecule has 3 rings (SSSR count). The first kappa shape index (κ1) is 18.6. The first-order valence-electron chi connectivity index (χ1n) is 8.67. The van der Waals surface area contributed by atoms with E-state index in [1.54, 1.807) is 24.3 Å². The molecule has 0 saturated carbocycles. The molecular formula is C20H22N3O4+. The number of ether oxygens (including phenoxy) is 1. The molecule has 2 amide bonds. The van der Waals surface area contributed by atoms with E-state index in [4.69, 9.17) is 10.5 Å². The number of carbonyl (C=O) groups is 3. The fourth-order valence-corrected chi connectivity index (χ4v) is 3.37. The molecule has 0 aliphatic carbocycles. The average molecular weight is 368 g/mol. The Morgan fingerprint density at radius 2 is 1.78 bits per heavy atom. The van der Waals surface area contributed by atoms with Crippen molar-refractivity contribution in [1.82, 2.24) is 0 Å². The highest BCUT2D eigenvalue weighted by Gasteiger charge is 2.37. The van der Waals surface area contributed by atoms with Crippen LogP contribution in [0.2, 0.25) is 0 Å². The molecular weight excluding hydrogens is 346 g/mol. The van der Waals surface area contributed by atoms with Gasteiger partial charge in [0.1, 0.15) is 6.54 Å². The van der Waals surface area contributed by atoms with Gasteiger partial charge >= 0.3 is 5.97 Å². The van der Waals surface area contributed by atoms with Crippen molar-refractivity contribution in [3.8, 4) is 0 Å². The van der Waals surface area contributed by atoms with Crippen molar-refractivity contribution in [2.45, 2.75) is 19.0 Å². The molecule has 0 fully saturated rings. The number of quaternary nitrogens is 1. The Labute approximate surface area is 157 Å². The zero-order valence-corrected chi connectivity index (χ0v) is 15.0.